The Hall–Kier alpha value is -1.13. The highest BCUT2D eigenvalue weighted by Crippen LogP contribution is 2.32. The molecule has 7 heteroatoms. The molecule has 0 amide bonds. The molecule has 0 radical (unpaired) electrons. The summed E-state index contributed by atoms with van der Waals surface area (Å²) >= 11 is 24.0. The van der Waals surface area contributed by atoms with Crippen LogP contribution in [0.5, 0.6) is 0 Å². The van der Waals surface area contributed by atoms with Crippen LogP contribution in [0.25, 0.3) is 16.7 Å². The van der Waals surface area contributed by atoms with E-state index in [-0.39, 0.29) is 0 Å². The van der Waals surface area contributed by atoms with Crippen LogP contribution in [-0.2, 0) is 0 Å². The van der Waals surface area contributed by atoms with Gasteiger partial charge in [-0.2, -0.15) is 0 Å². The number of nitrogens with two attached hydrogens (primary N) is 1. The smallest absolute Gasteiger partial charge is 0.205 e. The fourth-order valence-corrected chi connectivity index (χ4v) is 2.59. The number of aromatic nitrogens is 2. The summed E-state index contributed by atoms with van der Waals surface area (Å²) in [4.78, 5) is 4.27. The maximum absolute atomic E-state index is 6.05. The van der Waals surface area contributed by atoms with Gasteiger partial charge in [-0.15, -0.1) is 0 Å². The third kappa shape index (κ3) is 2.21. The fourth-order valence-electron chi connectivity index (χ4n) is 1.99. The van der Waals surface area contributed by atoms with Crippen molar-refractivity contribution in [1.29, 1.82) is 0 Å². The molecule has 0 aliphatic rings. The van der Waals surface area contributed by atoms with Crippen molar-refractivity contribution in [1.82, 2.24) is 9.55 Å². The third-order valence-corrected chi connectivity index (χ3v) is 4.35. The summed E-state index contributed by atoms with van der Waals surface area (Å²) in [6.07, 6.45) is 0. The van der Waals surface area contributed by atoms with Gasteiger partial charge in [0.05, 0.1) is 36.8 Å². The first-order valence-corrected chi connectivity index (χ1v) is 7.07. The molecule has 0 fully saturated rings. The minimum atomic E-state index is 0.316. The Balaban J connectivity index is 2.32. The van der Waals surface area contributed by atoms with Crippen molar-refractivity contribution in [2.24, 2.45) is 0 Å². The van der Waals surface area contributed by atoms with E-state index in [1.54, 1.807) is 34.9 Å². The Labute approximate surface area is 134 Å². The molecule has 0 unspecified atom stereocenters. The quantitative estimate of drug-likeness (QED) is 0.656. The molecule has 3 nitrogen and oxygen atoms in total. The zero-order valence-corrected chi connectivity index (χ0v) is 12.9. The van der Waals surface area contributed by atoms with Gasteiger partial charge in [0, 0.05) is 0 Å². The summed E-state index contributed by atoms with van der Waals surface area (Å²) in [5, 5.41) is 1.77. The summed E-state index contributed by atoms with van der Waals surface area (Å²) in [5.74, 6) is 0.316. The Morgan fingerprint density at radius 1 is 0.850 bits per heavy atom. The van der Waals surface area contributed by atoms with Crippen molar-refractivity contribution < 1.29 is 0 Å². The highest BCUT2D eigenvalue weighted by atomic mass is 35.5. The van der Waals surface area contributed by atoms with Crippen LogP contribution in [0.15, 0.2) is 30.3 Å². The van der Waals surface area contributed by atoms with Crippen molar-refractivity contribution >= 4 is 63.4 Å². The number of hydrogen-bond donors (Lipinski definition) is 1. The largest absolute Gasteiger partial charge is 0.369 e. The highest BCUT2D eigenvalue weighted by molar-refractivity contribution is 6.43. The van der Waals surface area contributed by atoms with E-state index < -0.39 is 0 Å². The Morgan fingerprint density at radius 2 is 1.50 bits per heavy atom. The lowest BCUT2D eigenvalue weighted by Gasteiger charge is -2.08. The van der Waals surface area contributed by atoms with Gasteiger partial charge in [0.1, 0.15) is 0 Å². The average molecular weight is 347 g/mol. The standard InChI is InChI=1S/C13H7Cl4N3/c14-7-2-1-6(3-8(7)15)20-12-5-10(17)9(16)4-11(12)19-13(20)18/h1-5H,(H2,18,19). The number of hydrogen-bond acceptors (Lipinski definition) is 2. The van der Waals surface area contributed by atoms with E-state index in [1.165, 1.54) is 0 Å². The van der Waals surface area contributed by atoms with Gasteiger partial charge < -0.3 is 5.73 Å². The lowest BCUT2D eigenvalue weighted by atomic mass is 10.2. The molecule has 0 aliphatic heterocycles. The first-order chi connectivity index (χ1) is 9.47. The molecule has 1 aromatic heterocycles. The molecule has 0 atom stereocenters. The average Bonchev–Trinajstić information content (AvgIpc) is 2.69. The first kappa shape index (κ1) is 13.8. The van der Waals surface area contributed by atoms with Gasteiger partial charge in [-0.25, -0.2) is 4.98 Å². The number of nitrogens with zero attached hydrogens (tertiary/aromatic N) is 2. The van der Waals surface area contributed by atoms with Crippen LogP contribution in [0.2, 0.25) is 20.1 Å². The van der Waals surface area contributed by atoms with Crippen LogP contribution in [0.3, 0.4) is 0 Å². The number of halogens is 4. The van der Waals surface area contributed by atoms with E-state index in [2.05, 4.69) is 4.98 Å². The number of anilines is 1. The van der Waals surface area contributed by atoms with Gasteiger partial charge in [-0.05, 0) is 30.3 Å². The lowest BCUT2D eigenvalue weighted by Crippen LogP contribution is -2.00. The van der Waals surface area contributed by atoms with Gasteiger partial charge in [0.2, 0.25) is 5.95 Å². The predicted octanol–water partition coefficient (Wildman–Crippen LogP) is 5.22. The molecule has 2 N–H and O–H groups in total. The Morgan fingerprint density at radius 3 is 2.20 bits per heavy atom. The fraction of sp³-hybridized carbons (Fsp3) is 0. The molecule has 3 aromatic rings. The molecule has 102 valence electrons. The minimum Gasteiger partial charge on any atom is -0.369 e. The number of imidazole rings is 1. The topological polar surface area (TPSA) is 43.8 Å². The monoisotopic (exact) mass is 345 g/mol. The molecule has 0 aliphatic carbocycles. The second kappa shape index (κ2) is 5.01. The van der Waals surface area contributed by atoms with Crippen LogP contribution < -0.4 is 5.73 Å². The molecule has 0 spiro atoms. The molecule has 2 aromatic carbocycles. The molecule has 0 saturated heterocycles. The Bertz CT molecular complexity index is 826. The second-order valence-electron chi connectivity index (χ2n) is 4.16. The number of rotatable bonds is 1. The zero-order valence-electron chi connectivity index (χ0n) is 9.87. The number of fused-ring (bicyclic) bond motifs is 1. The van der Waals surface area contributed by atoms with Crippen molar-refractivity contribution in [3.8, 4) is 5.69 Å². The molecule has 3 rings (SSSR count). The summed E-state index contributed by atoms with van der Waals surface area (Å²) in [5.41, 5.74) is 8.11. The van der Waals surface area contributed by atoms with Crippen LogP contribution >= 0.6 is 46.4 Å². The number of benzene rings is 2. The second-order valence-corrected chi connectivity index (χ2v) is 5.79. The first-order valence-electron chi connectivity index (χ1n) is 5.56. The Kier molecular flexibility index (Phi) is 3.46. The van der Waals surface area contributed by atoms with E-state index >= 15 is 0 Å². The molecule has 1 heterocycles. The molecule has 0 saturated carbocycles. The van der Waals surface area contributed by atoms with Gasteiger partial charge in [-0.1, -0.05) is 46.4 Å². The highest BCUT2D eigenvalue weighted by Gasteiger charge is 2.13. The van der Waals surface area contributed by atoms with Crippen LogP contribution in [-0.4, -0.2) is 9.55 Å². The van der Waals surface area contributed by atoms with Crippen molar-refractivity contribution in [3.63, 3.8) is 0 Å². The van der Waals surface area contributed by atoms with E-state index in [4.69, 9.17) is 52.1 Å². The van der Waals surface area contributed by atoms with Crippen molar-refractivity contribution in [3.05, 3.63) is 50.4 Å². The van der Waals surface area contributed by atoms with E-state index in [0.29, 0.717) is 31.6 Å². The van der Waals surface area contributed by atoms with E-state index in [0.717, 1.165) is 11.2 Å². The van der Waals surface area contributed by atoms with E-state index in [9.17, 15) is 0 Å². The molecular weight excluding hydrogens is 340 g/mol. The van der Waals surface area contributed by atoms with E-state index in [1.807, 2.05) is 0 Å². The van der Waals surface area contributed by atoms with Crippen molar-refractivity contribution in [2.75, 3.05) is 5.73 Å². The maximum atomic E-state index is 6.05. The number of nitrogen functional groups attached to an aromatic ring is 1. The van der Waals surface area contributed by atoms with Crippen LogP contribution in [0, 0.1) is 0 Å². The van der Waals surface area contributed by atoms with Crippen LogP contribution in [0.4, 0.5) is 5.95 Å². The lowest BCUT2D eigenvalue weighted by molar-refractivity contribution is 1.11. The molecular formula is C13H7Cl4N3. The molecule has 0 bridgehead atoms. The summed E-state index contributed by atoms with van der Waals surface area (Å²) in [6.45, 7) is 0. The van der Waals surface area contributed by atoms with Gasteiger partial charge in [0.15, 0.2) is 0 Å². The third-order valence-electron chi connectivity index (χ3n) is 2.88. The zero-order chi connectivity index (χ0) is 14.4. The van der Waals surface area contributed by atoms with Gasteiger partial charge >= 0.3 is 0 Å². The molecule has 20 heavy (non-hydrogen) atoms. The SMILES string of the molecule is Nc1nc2cc(Cl)c(Cl)cc2n1-c1ccc(Cl)c(Cl)c1. The van der Waals surface area contributed by atoms with Crippen molar-refractivity contribution in [2.45, 2.75) is 0 Å². The summed E-state index contributed by atoms with van der Waals surface area (Å²) in [6, 6.07) is 8.59. The minimum absolute atomic E-state index is 0.316. The summed E-state index contributed by atoms with van der Waals surface area (Å²) in [7, 11) is 0. The van der Waals surface area contributed by atoms with Crippen LogP contribution in [0.1, 0.15) is 0 Å². The normalized spacial score (nSPS) is 11.2. The maximum Gasteiger partial charge on any atom is 0.205 e. The van der Waals surface area contributed by atoms with Gasteiger partial charge in [-0.3, -0.25) is 4.57 Å². The summed E-state index contributed by atoms with van der Waals surface area (Å²) < 4.78 is 1.74. The van der Waals surface area contributed by atoms with Gasteiger partial charge in [0.25, 0.3) is 0 Å². The predicted molar refractivity (Wildman–Crippen MR) is 85.5 cm³/mol.